The van der Waals surface area contributed by atoms with Gasteiger partial charge in [-0.05, 0) is 79.4 Å². The number of carbonyl (C=O) groups excluding carboxylic acids is 2. The summed E-state index contributed by atoms with van der Waals surface area (Å²) in [5, 5.41) is 0. The number of ether oxygens (including phenoxy) is 3. The minimum absolute atomic E-state index is 0.0147. The third-order valence-corrected chi connectivity index (χ3v) is 9.54. The molecule has 7 rings (SSSR count). The molecule has 10 nitrogen and oxygen atoms in total. The lowest BCUT2D eigenvalue weighted by molar-refractivity contribution is 0.192. The Morgan fingerprint density at radius 3 is 1.67 bits per heavy atom. The Balaban J connectivity index is 0.000000166. The van der Waals surface area contributed by atoms with E-state index in [1.807, 2.05) is 66.5 Å². The third kappa shape index (κ3) is 10.3. The molecule has 0 radical (unpaired) electrons. The lowest BCUT2D eigenvalue weighted by Crippen LogP contribution is -2.37. The van der Waals surface area contributed by atoms with E-state index in [9.17, 15) is 9.59 Å². The van der Waals surface area contributed by atoms with Crippen LogP contribution in [-0.4, -0.2) is 63.4 Å². The fraction of sp³-hybridized carbons (Fsp3) is 0.366. The number of hydrogen-bond acceptors (Lipinski definition) is 7. The summed E-state index contributed by atoms with van der Waals surface area (Å²) in [4.78, 5) is 35.0. The predicted octanol–water partition coefficient (Wildman–Crippen LogP) is 9.59. The van der Waals surface area contributed by atoms with Crippen LogP contribution in [0.1, 0.15) is 64.7 Å². The molecule has 2 saturated carbocycles. The molecule has 1 amide bonds. The maximum absolute atomic E-state index is 12.5. The second kappa shape index (κ2) is 18.6. The van der Waals surface area contributed by atoms with Crippen LogP contribution in [0.4, 0.5) is 9.59 Å². The van der Waals surface area contributed by atoms with Gasteiger partial charge in [0.2, 0.25) is 0 Å². The molecule has 3 aromatic carbocycles. The van der Waals surface area contributed by atoms with Crippen LogP contribution in [0.2, 0.25) is 0 Å². The van der Waals surface area contributed by atoms with Crippen molar-refractivity contribution in [3.63, 3.8) is 0 Å². The van der Waals surface area contributed by atoms with Gasteiger partial charge in [-0.15, -0.1) is 0 Å². The van der Waals surface area contributed by atoms with Crippen molar-refractivity contribution in [2.45, 2.75) is 70.8 Å². The fourth-order valence-corrected chi connectivity index (χ4v) is 6.36. The van der Waals surface area contributed by atoms with Crippen LogP contribution < -0.4 is 14.2 Å². The van der Waals surface area contributed by atoms with Crippen molar-refractivity contribution in [2.24, 2.45) is 5.92 Å². The molecule has 2 aliphatic rings. The van der Waals surface area contributed by atoms with Crippen LogP contribution in [0.25, 0.3) is 22.5 Å². The normalized spacial score (nSPS) is 14.1. The highest BCUT2D eigenvalue weighted by atomic mass is 16.6. The number of carbonyl (C=O) groups is 2. The van der Waals surface area contributed by atoms with Crippen LogP contribution in [0.3, 0.4) is 0 Å². The molecule has 0 saturated heterocycles. The molecule has 2 heterocycles. The molecular weight excluding hydrogens is 642 g/mol. The predicted molar refractivity (Wildman–Crippen MR) is 199 cm³/mol. The summed E-state index contributed by atoms with van der Waals surface area (Å²) < 4.78 is 18.4. The average Bonchev–Trinajstić information content (AvgIpc) is 4.03. The number of methoxy groups -OCH3 is 2. The van der Waals surface area contributed by atoms with Crippen molar-refractivity contribution >= 4 is 12.1 Å². The smallest absolute Gasteiger partial charge is 0.424 e. The first-order valence-corrected chi connectivity index (χ1v) is 17.8. The van der Waals surface area contributed by atoms with Gasteiger partial charge in [-0.3, -0.25) is 4.57 Å². The summed E-state index contributed by atoms with van der Waals surface area (Å²) in [6.07, 6.45) is 18.0. The number of benzene rings is 3. The standard InChI is InChI=1S/C17H21N3O2.C17H14N2O3.C7H14/c1-19(14-5-3-4-6-14)17(21)20-11-16(18-12-20)13-7-9-15(22-2)10-8-13;1-21-14-9-7-13(8-10-14)16-11-19(12-18-16)17(20)22-15-5-3-2-4-6-15;1-2-7-5-3-4-6-7/h7-12,14H,3-6H2,1-2H3;2-12H,1H3;7H,2-6H2,1H3. The summed E-state index contributed by atoms with van der Waals surface area (Å²) in [5.41, 5.74) is 3.34. The van der Waals surface area contributed by atoms with E-state index in [-0.39, 0.29) is 6.03 Å². The van der Waals surface area contributed by atoms with Gasteiger partial charge in [-0.2, -0.15) is 0 Å². The number of para-hydroxylation sites is 1. The van der Waals surface area contributed by atoms with E-state index in [1.165, 1.54) is 55.8 Å². The minimum atomic E-state index is -0.501. The number of amides is 1. The van der Waals surface area contributed by atoms with E-state index in [0.29, 0.717) is 17.5 Å². The van der Waals surface area contributed by atoms with Gasteiger partial charge in [-0.25, -0.2) is 24.1 Å². The van der Waals surface area contributed by atoms with E-state index in [4.69, 9.17) is 14.2 Å². The van der Waals surface area contributed by atoms with Gasteiger partial charge in [0, 0.05) is 36.6 Å². The molecule has 0 N–H and O–H groups in total. The van der Waals surface area contributed by atoms with Gasteiger partial charge < -0.3 is 19.1 Å². The zero-order valence-corrected chi connectivity index (χ0v) is 30.1. The van der Waals surface area contributed by atoms with Crippen LogP contribution in [0.15, 0.2) is 104 Å². The highest BCUT2D eigenvalue weighted by molar-refractivity contribution is 5.78. The molecular formula is C41H49N5O5. The van der Waals surface area contributed by atoms with Crippen molar-refractivity contribution in [2.75, 3.05) is 21.3 Å². The second-order valence-corrected chi connectivity index (χ2v) is 12.9. The largest absolute Gasteiger partial charge is 0.497 e. The minimum Gasteiger partial charge on any atom is -0.497 e. The van der Waals surface area contributed by atoms with Crippen molar-refractivity contribution in [1.29, 1.82) is 0 Å². The Bertz CT molecular complexity index is 1790. The van der Waals surface area contributed by atoms with E-state index >= 15 is 0 Å². The van der Waals surface area contributed by atoms with Crippen molar-refractivity contribution in [3.05, 3.63) is 104 Å². The monoisotopic (exact) mass is 691 g/mol. The van der Waals surface area contributed by atoms with Gasteiger partial charge in [-0.1, -0.05) is 70.1 Å². The third-order valence-electron chi connectivity index (χ3n) is 9.54. The number of rotatable bonds is 7. The van der Waals surface area contributed by atoms with Crippen molar-refractivity contribution in [3.8, 4) is 39.8 Å². The van der Waals surface area contributed by atoms with Crippen LogP contribution in [0.5, 0.6) is 17.2 Å². The Morgan fingerprint density at radius 1 is 0.686 bits per heavy atom. The van der Waals surface area contributed by atoms with Gasteiger partial charge in [0.1, 0.15) is 29.9 Å². The quantitative estimate of drug-likeness (QED) is 0.168. The number of imidazole rings is 2. The molecule has 0 atom stereocenters. The SMILES string of the molecule is CCC1CCCC1.COc1ccc(-c2cn(C(=O)N(C)C3CCCC3)cn2)cc1.COc1ccc(-c2cn(C(=O)Oc3ccccc3)cn2)cc1. The summed E-state index contributed by atoms with van der Waals surface area (Å²) in [6, 6.07) is 24.4. The van der Waals surface area contributed by atoms with Gasteiger partial charge in [0.25, 0.3) is 0 Å². The molecule has 5 aromatic rings. The van der Waals surface area contributed by atoms with E-state index in [0.717, 1.165) is 47.1 Å². The fourth-order valence-electron chi connectivity index (χ4n) is 6.36. The second-order valence-electron chi connectivity index (χ2n) is 12.9. The van der Waals surface area contributed by atoms with Crippen molar-refractivity contribution < 1.29 is 23.8 Å². The zero-order chi connectivity index (χ0) is 36.0. The lowest BCUT2D eigenvalue weighted by atomic mass is 10.1. The molecule has 10 heteroatoms. The number of aromatic nitrogens is 4. The molecule has 2 aromatic heterocycles. The van der Waals surface area contributed by atoms with Crippen LogP contribution in [-0.2, 0) is 0 Å². The highest BCUT2D eigenvalue weighted by Gasteiger charge is 2.24. The first-order chi connectivity index (χ1) is 24.9. The molecule has 0 aliphatic heterocycles. The summed E-state index contributed by atoms with van der Waals surface area (Å²) in [6.45, 7) is 2.30. The van der Waals surface area contributed by atoms with Gasteiger partial charge >= 0.3 is 12.1 Å². The Labute approximate surface area is 301 Å². The highest BCUT2D eigenvalue weighted by Crippen LogP contribution is 2.27. The van der Waals surface area contributed by atoms with Crippen molar-refractivity contribution in [1.82, 2.24) is 24.0 Å². The molecule has 0 unspecified atom stereocenters. The number of nitrogens with zero attached hydrogens (tertiary/aromatic N) is 5. The lowest BCUT2D eigenvalue weighted by Gasteiger charge is -2.23. The Kier molecular flexibility index (Phi) is 13.4. The van der Waals surface area contributed by atoms with Gasteiger partial charge in [0.15, 0.2) is 0 Å². The van der Waals surface area contributed by atoms with Crippen LogP contribution in [0, 0.1) is 5.92 Å². The molecule has 0 spiro atoms. The first-order valence-electron chi connectivity index (χ1n) is 17.8. The summed E-state index contributed by atoms with van der Waals surface area (Å²) in [7, 11) is 5.13. The van der Waals surface area contributed by atoms with E-state index in [1.54, 1.807) is 61.8 Å². The Hall–Kier alpha value is -5.38. The first kappa shape index (κ1) is 36.9. The topological polar surface area (TPSA) is 101 Å². The summed E-state index contributed by atoms with van der Waals surface area (Å²) >= 11 is 0. The molecule has 268 valence electrons. The molecule has 2 aliphatic carbocycles. The summed E-state index contributed by atoms with van der Waals surface area (Å²) in [5.74, 6) is 3.17. The van der Waals surface area contributed by atoms with E-state index in [2.05, 4.69) is 16.9 Å². The molecule has 51 heavy (non-hydrogen) atoms. The molecule has 2 fully saturated rings. The van der Waals surface area contributed by atoms with Gasteiger partial charge in [0.05, 0.1) is 25.6 Å². The maximum Gasteiger partial charge on any atom is 0.424 e. The average molecular weight is 692 g/mol. The zero-order valence-electron chi connectivity index (χ0n) is 30.1. The van der Waals surface area contributed by atoms with E-state index < -0.39 is 6.09 Å². The maximum atomic E-state index is 12.5. The van der Waals surface area contributed by atoms with Crippen LogP contribution >= 0.6 is 0 Å². The Morgan fingerprint density at radius 2 is 1.18 bits per heavy atom. The number of hydrogen-bond donors (Lipinski definition) is 0. The molecule has 0 bridgehead atoms.